The summed E-state index contributed by atoms with van der Waals surface area (Å²) in [6, 6.07) is 10.0. The molecule has 2 aromatic carbocycles. The second kappa shape index (κ2) is 8.75. The van der Waals surface area contributed by atoms with Crippen molar-refractivity contribution in [2.75, 3.05) is 20.7 Å². The van der Waals surface area contributed by atoms with E-state index >= 15 is 0 Å². The van der Waals surface area contributed by atoms with Crippen LogP contribution in [0.4, 0.5) is 0 Å². The van der Waals surface area contributed by atoms with Gasteiger partial charge in [0.25, 0.3) is 0 Å². The first-order chi connectivity index (χ1) is 13.1. The van der Waals surface area contributed by atoms with Gasteiger partial charge in [0.05, 0.1) is 24.6 Å². The van der Waals surface area contributed by atoms with Gasteiger partial charge in [-0.15, -0.1) is 0 Å². The lowest BCUT2D eigenvalue weighted by Crippen LogP contribution is -2.39. The summed E-state index contributed by atoms with van der Waals surface area (Å²) in [4.78, 5) is 12.6. The molecule has 0 aliphatic rings. The van der Waals surface area contributed by atoms with E-state index in [0.29, 0.717) is 5.75 Å². The Bertz CT molecular complexity index is 953. The van der Waals surface area contributed by atoms with Crippen molar-refractivity contribution in [3.63, 3.8) is 0 Å². The van der Waals surface area contributed by atoms with E-state index in [2.05, 4.69) is 17.4 Å². The molecule has 6 nitrogen and oxygen atoms in total. The van der Waals surface area contributed by atoms with Crippen LogP contribution in [-0.4, -0.2) is 39.3 Å². The Morgan fingerprint density at radius 3 is 2.21 bits per heavy atom. The van der Waals surface area contributed by atoms with Crippen molar-refractivity contribution >= 4 is 15.9 Å². The van der Waals surface area contributed by atoms with Crippen molar-refractivity contribution in [1.82, 2.24) is 9.62 Å². The van der Waals surface area contributed by atoms with E-state index in [0.717, 1.165) is 21.0 Å². The standard InChI is InChI=1S/C21H28N2O4S/c1-14-11-16(3)20(12-15(14)2)17(4)22-21(24)13-23(5)28(25,26)19-9-7-18(27-6)8-10-19/h7-12,17H,13H2,1-6H3,(H,22,24)/t17-/m0/s1. The molecule has 28 heavy (non-hydrogen) atoms. The zero-order chi connectivity index (χ0) is 21.1. The van der Waals surface area contributed by atoms with Crippen molar-refractivity contribution in [2.45, 2.75) is 38.6 Å². The Balaban J connectivity index is 2.08. The first kappa shape index (κ1) is 21.9. The van der Waals surface area contributed by atoms with Crippen LogP contribution in [0.2, 0.25) is 0 Å². The molecule has 0 unspecified atom stereocenters. The monoisotopic (exact) mass is 404 g/mol. The Kier molecular flexibility index (Phi) is 6.85. The molecular weight excluding hydrogens is 376 g/mol. The number of rotatable bonds is 7. The third kappa shape index (κ3) is 4.91. The number of nitrogens with one attached hydrogen (secondary N) is 1. The van der Waals surface area contributed by atoms with Gasteiger partial charge in [0.15, 0.2) is 0 Å². The van der Waals surface area contributed by atoms with Crippen molar-refractivity contribution in [1.29, 1.82) is 0 Å². The molecule has 0 saturated carbocycles. The van der Waals surface area contributed by atoms with Crippen LogP contribution >= 0.6 is 0 Å². The molecule has 0 saturated heterocycles. The molecule has 1 atom stereocenters. The number of hydrogen-bond donors (Lipinski definition) is 1. The lowest BCUT2D eigenvalue weighted by molar-refractivity contribution is -0.121. The number of carbonyl (C=O) groups excluding carboxylic acids is 1. The minimum atomic E-state index is -3.76. The normalized spacial score (nSPS) is 12.7. The van der Waals surface area contributed by atoms with E-state index < -0.39 is 10.0 Å². The number of methoxy groups -OCH3 is 1. The molecular formula is C21H28N2O4S. The molecule has 1 amide bonds. The average molecular weight is 405 g/mol. The number of likely N-dealkylation sites (N-methyl/N-ethyl adjacent to an activating group) is 1. The predicted octanol–water partition coefficient (Wildman–Crippen LogP) is 3.12. The molecule has 1 N–H and O–H groups in total. The van der Waals surface area contributed by atoms with Gasteiger partial charge in [-0.25, -0.2) is 8.42 Å². The third-order valence-electron chi connectivity index (χ3n) is 4.86. The highest BCUT2D eigenvalue weighted by Gasteiger charge is 2.24. The van der Waals surface area contributed by atoms with E-state index in [1.807, 2.05) is 27.7 Å². The summed E-state index contributed by atoms with van der Waals surface area (Å²) in [7, 11) is -0.857. The number of benzene rings is 2. The Labute approximate surface area is 167 Å². The zero-order valence-corrected chi connectivity index (χ0v) is 18.1. The van der Waals surface area contributed by atoms with Gasteiger partial charge in [0, 0.05) is 7.05 Å². The molecule has 152 valence electrons. The van der Waals surface area contributed by atoms with Gasteiger partial charge in [-0.05, 0) is 74.2 Å². The summed E-state index contributed by atoms with van der Waals surface area (Å²) >= 11 is 0. The fourth-order valence-electron chi connectivity index (χ4n) is 3.03. The summed E-state index contributed by atoms with van der Waals surface area (Å²) < 4.78 is 31.4. The maximum absolute atomic E-state index is 12.7. The summed E-state index contributed by atoms with van der Waals surface area (Å²) in [6.07, 6.45) is 0. The Morgan fingerprint density at radius 2 is 1.64 bits per heavy atom. The summed E-state index contributed by atoms with van der Waals surface area (Å²) in [6.45, 7) is 7.72. The highest BCUT2D eigenvalue weighted by atomic mass is 32.2. The molecule has 7 heteroatoms. The van der Waals surface area contributed by atoms with Crippen molar-refractivity contribution in [3.8, 4) is 5.75 Å². The maximum atomic E-state index is 12.7. The van der Waals surface area contributed by atoms with Crippen LogP contribution < -0.4 is 10.1 Å². The van der Waals surface area contributed by atoms with E-state index in [-0.39, 0.29) is 23.4 Å². The molecule has 2 aromatic rings. The predicted molar refractivity (Wildman–Crippen MR) is 110 cm³/mol. The fraction of sp³-hybridized carbons (Fsp3) is 0.381. The summed E-state index contributed by atoms with van der Waals surface area (Å²) in [5.41, 5.74) is 4.47. The van der Waals surface area contributed by atoms with Crippen molar-refractivity contribution in [3.05, 3.63) is 58.7 Å². The van der Waals surface area contributed by atoms with Gasteiger partial charge < -0.3 is 10.1 Å². The molecule has 2 rings (SSSR count). The molecule has 0 fully saturated rings. The molecule has 0 aliphatic carbocycles. The highest BCUT2D eigenvalue weighted by Crippen LogP contribution is 2.22. The average Bonchev–Trinajstić information content (AvgIpc) is 2.64. The molecule has 0 bridgehead atoms. The van der Waals surface area contributed by atoms with E-state index in [4.69, 9.17) is 4.74 Å². The number of sulfonamides is 1. The molecule has 0 aromatic heterocycles. The van der Waals surface area contributed by atoms with E-state index in [1.165, 1.54) is 31.9 Å². The van der Waals surface area contributed by atoms with E-state index in [9.17, 15) is 13.2 Å². The van der Waals surface area contributed by atoms with Gasteiger partial charge in [-0.2, -0.15) is 4.31 Å². The molecule has 0 spiro atoms. The second-order valence-corrected chi connectivity index (χ2v) is 9.06. The molecule has 0 heterocycles. The number of aryl methyl sites for hydroxylation is 3. The largest absolute Gasteiger partial charge is 0.497 e. The number of amides is 1. The van der Waals surface area contributed by atoms with Crippen molar-refractivity contribution in [2.24, 2.45) is 0 Å². The lowest BCUT2D eigenvalue weighted by Gasteiger charge is -2.21. The minimum absolute atomic E-state index is 0.113. The SMILES string of the molecule is COc1ccc(S(=O)(=O)N(C)CC(=O)N[C@@H](C)c2cc(C)c(C)cc2C)cc1. The van der Waals surface area contributed by atoms with Crippen LogP contribution in [0.3, 0.4) is 0 Å². The number of ether oxygens (including phenoxy) is 1. The van der Waals surface area contributed by atoms with E-state index in [1.54, 1.807) is 12.1 Å². The van der Waals surface area contributed by atoms with Crippen LogP contribution in [0.15, 0.2) is 41.3 Å². The fourth-order valence-corrected chi connectivity index (χ4v) is 4.16. The van der Waals surface area contributed by atoms with Crippen LogP contribution in [0.1, 0.15) is 35.2 Å². The van der Waals surface area contributed by atoms with Gasteiger partial charge in [-0.3, -0.25) is 4.79 Å². The second-order valence-electron chi connectivity index (χ2n) is 7.02. The third-order valence-corrected chi connectivity index (χ3v) is 6.68. The first-order valence-corrected chi connectivity index (χ1v) is 10.5. The number of hydrogen-bond acceptors (Lipinski definition) is 4. The van der Waals surface area contributed by atoms with Crippen LogP contribution in [-0.2, 0) is 14.8 Å². The maximum Gasteiger partial charge on any atom is 0.243 e. The van der Waals surface area contributed by atoms with Crippen molar-refractivity contribution < 1.29 is 17.9 Å². The highest BCUT2D eigenvalue weighted by molar-refractivity contribution is 7.89. The molecule has 0 aliphatic heterocycles. The minimum Gasteiger partial charge on any atom is -0.497 e. The van der Waals surface area contributed by atoms with Gasteiger partial charge in [0.2, 0.25) is 15.9 Å². The Hall–Kier alpha value is -2.38. The van der Waals surface area contributed by atoms with Gasteiger partial charge >= 0.3 is 0 Å². The zero-order valence-electron chi connectivity index (χ0n) is 17.2. The van der Waals surface area contributed by atoms with Crippen LogP contribution in [0.25, 0.3) is 0 Å². The number of nitrogens with zero attached hydrogens (tertiary/aromatic N) is 1. The van der Waals surface area contributed by atoms with Crippen LogP contribution in [0.5, 0.6) is 5.75 Å². The van der Waals surface area contributed by atoms with Crippen LogP contribution in [0, 0.1) is 20.8 Å². The quantitative estimate of drug-likeness (QED) is 0.769. The lowest BCUT2D eigenvalue weighted by atomic mass is 9.96. The molecule has 0 radical (unpaired) electrons. The summed E-state index contributed by atoms with van der Waals surface area (Å²) in [5.74, 6) is 0.210. The first-order valence-electron chi connectivity index (χ1n) is 9.03. The van der Waals surface area contributed by atoms with Gasteiger partial charge in [-0.1, -0.05) is 12.1 Å². The topological polar surface area (TPSA) is 75.7 Å². The van der Waals surface area contributed by atoms with Gasteiger partial charge in [0.1, 0.15) is 5.75 Å². The Morgan fingerprint density at radius 1 is 1.07 bits per heavy atom. The number of carbonyl (C=O) groups is 1. The summed E-state index contributed by atoms with van der Waals surface area (Å²) in [5, 5.41) is 2.89. The smallest absolute Gasteiger partial charge is 0.243 e.